The average Bonchev–Trinajstić information content (AvgIpc) is 2.83. The van der Waals surface area contributed by atoms with Crippen LogP contribution in [0.15, 0.2) is 53.4 Å². The summed E-state index contributed by atoms with van der Waals surface area (Å²) in [6, 6.07) is 11.9. The lowest BCUT2D eigenvalue weighted by Crippen LogP contribution is -2.47. The summed E-state index contributed by atoms with van der Waals surface area (Å²) < 4.78 is 37.5. The third-order valence-corrected chi connectivity index (χ3v) is 7.19. The molecule has 1 fully saturated rings. The highest BCUT2D eigenvalue weighted by atomic mass is 32.2. The molecule has 3 rings (SSSR count). The highest BCUT2D eigenvalue weighted by molar-refractivity contribution is 7.89. The van der Waals surface area contributed by atoms with Crippen molar-refractivity contribution in [1.82, 2.24) is 9.62 Å². The van der Waals surface area contributed by atoms with E-state index in [1.165, 1.54) is 28.6 Å². The number of amides is 2. The molecule has 1 saturated heterocycles. The van der Waals surface area contributed by atoms with Crippen molar-refractivity contribution < 1.29 is 27.5 Å². The lowest BCUT2D eigenvalue weighted by Gasteiger charge is -2.26. The Balaban J connectivity index is 1.73. The van der Waals surface area contributed by atoms with Crippen molar-refractivity contribution in [2.24, 2.45) is 5.92 Å². The number of rotatable bonds is 8. The highest BCUT2D eigenvalue weighted by Crippen LogP contribution is 2.19. The first-order valence-corrected chi connectivity index (χ1v) is 12.1. The summed E-state index contributed by atoms with van der Waals surface area (Å²) in [7, 11) is -2.19. The maximum atomic E-state index is 12.9. The zero-order valence-corrected chi connectivity index (χ0v) is 19.7. The number of hydrogen-bond acceptors (Lipinski definition) is 6. The monoisotopic (exact) mass is 475 g/mol. The number of morpholine rings is 1. The van der Waals surface area contributed by atoms with E-state index in [1.54, 1.807) is 31.4 Å². The fourth-order valence-corrected chi connectivity index (χ4v) is 4.84. The van der Waals surface area contributed by atoms with E-state index in [1.807, 2.05) is 13.8 Å². The lowest BCUT2D eigenvalue weighted by molar-refractivity contribution is -0.118. The molecule has 0 unspecified atom stereocenters. The molecule has 2 amide bonds. The third-order valence-electron chi connectivity index (χ3n) is 5.30. The van der Waals surface area contributed by atoms with Crippen molar-refractivity contribution in [3.05, 3.63) is 54.1 Å². The number of hydrogen-bond donors (Lipinski definition) is 2. The second-order valence-corrected chi connectivity index (χ2v) is 9.90. The number of anilines is 1. The van der Waals surface area contributed by atoms with Crippen LogP contribution in [0.1, 0.15) is 24.2 Å². The van der Waals surface area contributed by atoms with Crippen molar-refractivity contribution in [3.8, 4) is 5.75 Å². The Morgan fingerprint density at radius 3 is 2.33 bits per heavy atom. The number of ether oxygens (including phenoxy) is 2. The van der Waals surface area contributed by atoms with E-state index in [9.17, 15) is 18.0 Å². The highest BCUT2D eigenvalue weighted by Gasteiger charge is 2.28. The zero-order valence-electron chi connectivity index (χ0n) is 18.9. The maximum absolute atomic E-state index is 12.9. The summed E-state index contributed by atoms with van der Waals surface area (Å²) in [5, 5.41) is 5.52. The molecule has 0 bridgehead atoms. The number of nitrogens with zero attached hydrogens (tertiary/aromatic N) is 1. The minimum absolute atomic E-state index is 0.0285. The molecule has 1 aliphatic heterocycles. The van der Waals surface area contributed by atoms with E-state index in [2.05, 4.69) is 10.6 Å². The second kappa shape index (κ2) is 10.8. The number of methoxy groups -OCH3 is 1. The number of sulfonamides is 1. The average molecular weight is 476 g/mol. The van der Waals surface area contributed by atoms with Crippen LogP contribution >= 0.6 is 0 Å². The van der Waals surface area contributed by atoms with Gasteiger partial charge in [0.15, 0.2) is 0 Å². The van der Waals surface area contributed by atoms with Crippen LogP contribution in [0.5, 0.6) is 5.75 Å². The Kier molecular flexibility index (Phi) is 8.06. The molecule has 2 aromatic carbocycles. The Bertz CT molecular complexity index is 1080. The van der Waals surface area contributed by atoms with Crippen LogP contribution in [-0.4, -0.2) is 64.0 Å². The summed E-state index contributed by atoms with van der Waals surface area (Å²) in [6.07, 6.45) is 0. The van der Waals surface area contributed by atoms with E-state index in [0.29, 0.717) is 24.7 Å². The van der Waals surface area contributed by atoms with Crippen LogP contribution in [0, 0.1) is 5.92 Å². The van der Waals surface area contributed by atoms with Crippen LogP contribution in [-0.2, 0) is 19.6 Å². The van der Waals surface area contributed by atoms with Gasteiger partial charge in [-0.3, -0.25) is 9.59 Å². The number of benzene rings is 2. The molecule has 1 atom stereocenters. The first-order chi connectivity index (χ1) is 15.7. The summed E-state index contributed by atoms with van der Waals surface area (Å²) in [5.74, 6) is -0.445. The molecular formula is C23H29N3O6S. The van der Waals surface area contributed by atoms with Gasteiger partial charge in [-0.25, -0.2) is 8.42 Å². The van der Waals surface area contributed by atoms with E-state index in [4.69, 9.17) is 9.47 Å². The molecular weight excluding hydrogens is 446 g/mol. The van der Waals surface area contributed by atoms with Crippen LogP contribution in [0.2, 0.25) is 0 Å². The van der Waals surface area contributed by atoms with Gasteiger partial charge in [-0.05, 0) is 48.4 Å². The van der Waals surface area contributed by atoms with Crippen molar-refractivity contribution in [2.45, 2.75) is 24.8 Å². The molecule has 0 spiro atoms. The Morgan fingerprint density at radius 1 is 1.06 bits per heavy atom. The quantitative estimate of drug-likeness (QED) is 0.605. The molecule has 178 valence electrons. The molecule has 2 N–H and O–H groups in total. The summed E-state index contributed by atoms with van der Waals surface area (Å²) in [5.41, 5.74) is 0.728. The van der Waals surface area contributed by atoms with Gasteiger partial charge in [0.05, 0.1) is 25.2 Å². The Labute approximate surface area is 194 Å². The predicted octanol–water partition coefficient (Wildman–Crippen LogP) is 2.11. The topological polar surface area (TPSA) is 114 Å². The van der Waals surface area contributed by atoms with Gasteiger partial charge in [-0.2, -0.15) is 4.31 Å². The maximum Gasteiger partial charge on any atom is 0.251 e. The summed E-state index contributed by atoms with van der Waals surface area (Å²) >= 11 is 0. The van der Waals surface area contributed by atoms with Crippen LogP contribution in [0.4, 0.5) is 5.69 Å². The van der Waals surface area contributed by atoms with Gasteiger partial charge in [-0.1, -0.05) is 19.9 Å². The molecule has 10 heteroatoms. The van der Waals surface area contributed by atoms with Crippen molar-refractivity contribution in [2.75, 3.05) is 38.7 Å². The molecule has 33 heavy (non-hydrogen) atoms. The van der Waals surface area contributed by atoms with Gasteiger partial charge >= 0.3 is 0 Å². The minimum Gasteiger partial charge on any atom is -0.497 e. The standard InChI is InChI=1S/C23H29N3O6S/c1-16(2)21(23(28)24-18-7-9-19(31-3)10-8-18)25-22(27)17-5-4-6-20(15-17)33(29,30)26-11-13-32-14-12-26/h4-10,15-16,21H,11-14H2,1-3H3,(H,24,28)(H,25,27)/t21-/m0/s1. The van der Waals surface area contributed by atoms with Crippen molar-refractivity contribution in [1.29, 1.82) is 0 Å². The summed E-state index contributed by atoms with van der Waals surface area (Å²) in [4.78, 5) is 25.8. The molecule has 1 aliphatic rings. The van der Waals surface area contributed by atoms with Crippen LogP contribution in [0.25, 0.3) is 0 Å². The van der Waals surface area contributed by atoms with Crippen LogP contribution < -0.4 is 15.4 Å². The SMILES string of the molecule is COc1ccc(NC(=O)[C@@H](NC(=O)c2cccc(S(=O)(=O)N3CCOCC3)c2)C(C)C)cc1. The van der Waals surface area contributed by atoms with Gasteiger partial charge in [0, 0.05) is 24.3 Å². The van der Waals surface area contributed by atoms with Crippen molar-refractivity contribution >= 4 is 27.5 Å². The fraction of sp³-hybridized carbons (Fsp3) is 0.391. The fourth-order valence-electron chi connectivity index (χ4n) is 3.39. The first-order valence-electron chi connectivity index (χ1n) is 10.7. The first kappa shape index (κ1) is 24.7. The Morgan fingerprint density at radius 2 is 1.73 bits per heavy atom. The van der Waals surface area contributed by atoms with Gasteiger partial charge in [0.25, 0.3) is 5.91 Å². The summed E-state index contributed by atoms with van der Waals surface area (Å²) in [6.45, 7) is 4.83. The number of carbonyl (C=O) groups excluding carboxylic acids is 2. The van der Waals surface area contributed by atoms with Crippen molar-refractivity contribution in [3.63, 3.8) is 0 Å². The number of nitrogens with one attached hydrogen (secondary N) is 2. The molecule has 0 radical (unpaired) electrons. The zero-order chi connectivity index (χ0) is 24.0. The van der Waals surface area contributed by atoms with Gasteiger partial charge < -0.3 is 20.1 Å². The molecule has 2 aromatic rings. The predicted molar refractivity (Wildman–Crippen MR) is 124 cm³/mol. The molecule has 9 nitrogen and oxygen atoms in total. The number of carbonyl (C=O) groups is 2. The van der Waals surface area contributed by atoms with Gasteiger partial charge in [0.2, 0.25) is 15.9 Å². The Hall–Kier alpha value is -2.95. The lowest BCUT2D eigenvalue weighted by atomic mass is 10.0. The largest absolute Gasteiger partial charge is 0.497 e. The van der Waals surface area contributed by atoms with E-state index >= 15 is 0 Å². The second-order valence-electron chi connectivity index (χ2n) is 7.96. The van der Waals surface area contributed by atoms with Gasteiger partial charge in [0.1, 0.15) is 11.8 Å². The van der Waals surface area contributed by atoms with E-state index in [0.717, 1.165) is 0 Å². The van der Waals surface area contributed by atoms with Gasteiger partial charge in [-0.15, -0.1) is 0 Å². The van der Waals surface area contributed by atoms with E-state index < -0.39 is 22.0 Å². The minimum atomic E-state index is -3.74. The smallest absolute Gasteiger partial charge is 0.251 e. The molecule has 0 saturated carbocycles. The molecule has 0 aliphatic carbocycles. The third kappa shape index (κ3) is 6.10. The van der Waals surface area contributed by atoms with Crippen LogP contribution in [0.3, 0.4) is 0 Å². The normalized spacial score (nSPS) is 15.6. The van der Waals surface area contributed by atoms with E-state index in [-0.39, 0.29) is 35.4 Å². The molecule has 1 heterocycles. The molecule has 0 aromatic heterocycles.